The average molecular weight is 462 g/mol. The second kappa shape index (κ2) is 8.26. The minimum absolute atomic E-state index is 0.0813. The first-order valence-corrected chi connectivity index (χ1v) is 12.8. The minimum Gasteiger partial charge on any atom is -0.307 e. The van der Waals surface area contributed by atoms with Gasteiger partial charge in [0.2, 0.25) is 0 Å². The molecule has 2 aromatic rings. The molecule has 2 unspecified atom stereocenters. The number of allylic oxidation sites excluding steroid dienone is 1. The molecule has 4 bridgehead atoms. The summed E-state index contributed by atoms with van der Waals surface area (Å²) in [6, 6.07) is 0. The first-order chi connectivity index (χ1) is 16.5. The van der Waals surface area contributed by atoms with Gasteiger partial charge in [0.15, 0.2) is 5.52 Å². The highest BCUT2D eigenvalue weighted by Gasteiger charge is 2.53. The lowest BCUT2D eigenvalue weighted by molar-refractivity contribution is -0.0101. The Bertz CT molecular complexity index is 1190. The summed E-state index contributed by atoms with van der Waals surface area (Å²) in [5, 5.41) is 5.06. The number of imidazole rings is 1. The van der Waals surface area contributed by atoms with Gasteiger partial charge >= 0.3 is 0 Å². The van der Waals surface area contributed by atoms with Crippen LogP contribution in [-0.4, -0.2) is 56.7 Å². The molecule has 1 aliphatic heterocycles. The summed E-state index contributed by atoms with van der Waals surface area (Å²) in [5.41, 5.74) is 0.594. The van der Waals surface area contributed by atoms with Gasteiger partial charge in [0.25, 0.3) is 5.56 Å². The third-order valence-electron chi connectivity index (χ3n) is 8.89. The molecule has 0 aromatic carbocycles. The Balaban J connectivity index is 1.32. The summed E-state index contributed by atoms with van der Waals surface area (Å²) in [6.45, 7) is 10.2. The second-order valence-electron chi connectivity index (χ2n) is 11.4. The van der Waals surface area contributed by atoms with Crippen molar-refractivity contribution in [1.82, 2.24) is 24.5 Å². The largest absolute Gasteiger partial charge is 0.307 e. The maximum atomic E-state index is 13.1. The maximum absolute atomic E-state index is 13.1. The standard InChI is InChI=1S/C26H35N7O/c1-4-5-28-22(27-3)15-32-13-16(2)20(14-32)23-30-24(34)21-12-29-25(33(21)31-23)26-9-17-6-18(10-26)8-19(7-17)11-26/h4-5,12,16-20H,3,6-11,13-15H2,1-2H3,(H,30,31,34)/b5-4-,28-22-. The van der Waals surface area contributed by atoms with Crippen molar-refractivity contribution in [3.63, 3.8) is 0 Å². The molecule has 3 heterocycles. The fraction of sp³-hybridized carbons (Fsp3) is 0.654. The summed E-state index contributed by atoms with van der Waals surface area (Å²) in [5.74, 6) is 5.49. The Kier molecular flexibility index (Phi) is 5.32. The quantitative estimate of drug-likeness (QED) is 0.545. The number of aliphatic imine (C=N–C) groups is 2. The van der Waals surface area contributed by atoms with E-state index in [0.29, 0.717) is 23.8 Å². The van der Waals surface area contributed by atoms with Gasteiger partial charge in [-0.2, -0.15) is 5.10 Å². The molecule has 7 rings (SSSR count). The number of likely N-dealkylation sites (tertiary alicyclic amines) is 1. The zero-order valence-electron chi connectivity index (χ0n) is 20.3. The van der Waals surface area contributed by atoms with E-state index in [0.717, 1.165) is 42.5 Å². The first kappa shape index (κ1) is 21.9. The number of aromatic nitrogens is 4. The number of hydrogen-bond donors (Lipinski definition) is 1. The molecule has 2 aromatic heterocycles. The third-order valence-corrected chi connectivity index (χ3v) is 8.89. The van der Waals surface area contributed by atoms with E-state index in [4.69, 9.17) is 10.1 Å². The molecule has 34 heavy (non-hydrogen) atoms. The van der Waals surface area contributed by atoms with Gasteiger partial charge in [0.05, 0.1) is 12.7 Å². The number of nitrogens with one attached hydrogen (secondary N) is 1. The fourth-order valence-corrected chi connectivity index (χ4v) is 7.87. The van der Waals surface area contributed by atoms with Gasteiger partial charge in [-0.25, -0.2) is 19.5 Å². The van der Waals surface area contributed by atoms with E-state index in [9.17, 15) is 4.79 Å². The topological polar surface area (TPSA) is 91.0 Å². The van der Waals surface area contributed by atoms with Crippen molar-refractivity contribution in [1.29, 1.82) is 0 Å². The molecular formula is C26H35N7O. The average Bonchev–Trinajstić information content (AvgIpc) is 3.39. The predicted molar refractivity (Wildman–Crippen MR) is 134 cm³/mol. The van der Waals surface area contributed by atoms with E-state index < -0.39 is 0 Å². The smallest absolute Gasteiger partial charge is 0.276 e. The maximum Gasteiger partial charge on any atom is 0.276 e. The first-order valence-electron chi connectivity index (χ1n) is 12.8. The van der Waals surface area contributed by atoms with Gasteiger partial charge in [0.1, 0.15) is 17.5 Å². The van der Waals surface area contributed by atoms with Crippen LogP contribution in [0.3, 0.4) is 0 Å². The van der Waals surface area contributed by atoms with Crippen molar-refractivity contribution in [2.75, 3.05) is 19.6 Å². The van der Waals surface area contributed by atoms with Gasteiger partial charge in [-0.3, -0.25) is 9.69 Å². The van der Waals surface area contributed by atoms with Crippen LogP contribution in [0.2, 0.25) is 0 Å². The Morgan fingerprint density at radius 3 is 2.59 bits per heavy atom. The highest BCUT2D eigenvalue weighted by Crippen LogP contribution is 2.60. The van der Waals surface area contributed by atoms with Crippen molar-refractivity contribution < 1.29 is 0 Å². The SMILES string of the molecule is C=N/C(CN1CC(C)C(c2nn3c(C45CC6CC(CC(C6)C4)C5)ncc3c(=O)[nH]2)C1)=N\C=C/C. The van der Waals surface area contributed by atoms with Crippen LogP contribution in [0.1, 0.15) is 69.9 Å². The molecule has 180 valence electrons. The van der Waals surface area contributed by atoms with Crippen LogP contribution in [0.4, 0.5) is 0 Å². The molecule has 5 fully saturated rings. The number of amidine groups is 1. The molecule has 1 N–H and O–H groups in total. The molecule has 4 saturated carbocycles. The molecule has 5 aliphatic rings. The summed E-state index contributed by atoms with van der Waals surface area (Å²) >= 11 is 0. The number of aromatic amines is 1. The molecule has 2 atom stereocenters. The van der Waals surface area contributed by atoms with Crippen LogP contribution >= 0.6 is 0 Å². The summed E-state index contributed by atoms with van der Waals surface area (Å²) in [7, 11) is 0. The number of rotatable bonds is 5. The molecule has 0 amide bonds. The van der Waals surface area contributed by atoms with Gasteiger partial charge in [-0.1, -0.05) is 13.0 Å². The van der Waals surface area contributed by atoms with Gasteiger partial charge < -0.3 is 4.98 Å². The highest BCUT2D eigenvalue weighted by atomic mass is 16.1. The van der Waals surface area contributed by atoms with E-state index in [1.54, 1.807) is 12.4 Å². The normalized spacial score (nSPS) is 35.7. The molecule has 0 spiro atoms. The Morgan fingerprint density at radius 2 is 1.94 bits per heavy atom. The van der Waals surface area contributed by atoms with Crippen molar-refractivity contribution in [2.24, 2.45) is 33.7 Å². The number of hydrogen-bond acceptors (Lipinski definition) is 5. The summed E-state index contributed by atoms with van der Waals surface area (Å²) < 4.78 is 1.92. The lowest BCUT2D eigenvalue weighted by Crippen LogP contribution is -2.49. The van der Waals surface area contributed by atoms with Crippen molar-refractivity contribution >= 4 is 18.1 Å². The van der Waals surface area contributed by atoms with Gasteiger partial charge in [0, 0.05) is 30.6 Å². The molecule has 0 radical (unpaired) electrons. The molecule has 8 heteroatoms. The fourth-order valence-electron chi connectivity index (χ4n) is 7.87. The van der Waals surface area contributed by atoms with Crippen LogP contribution in [0.15, 0.2) is 33.3 Å². The van der Waals surface area contributed by atoms with Crippen LogP contribution in [0.5, 0.6) is 0 Å². The number of nitrogens with zero attached hydrogens (tertiary/aromatic N) is 6. The van der Waals surface area contributed by atoms with Crippen molar-refractivity contribution in [2.45, 2.75) is 63.7 Å². The Hall–Kier alpha value is -2.61. The van der Waals surface area contributed by atoms with Crippen molar-refractivity contribution in [3.8, 4) is 0 Å². The lowest BCUT2D eigenvalue weighted by atomic mass is 9.49. The van der Waals surface area contributed by atoms with Crippen LogP contribution in [0, 0.1) is 23.7 Å². The molecule has 4 aliphatic carbocycles. The predicted octanol–water partition coefficient (Wildman–Crippen LogP) is 3.55. The highest BCUT2D eigenvalue weighted by molar-refractivity contribution is 5.88. The van der Waals surface area contributed by atoms with E-state index in [2.05, 4.69) is 33.5 Å². The van der Waals surface area contributed by atoms with Crippen LogP contribution in [0.25, 0.3) is 5.52 Å². The third kappa shape index (κ3) is 3.58. The van der Waals surface area contributed by atoms with Crippen LogP contribution < -0.4 is 5.56 Å². The summed E-state index contributed by atoms with van der Waals surface area (Å²) in [6.07, 6.45) is 13.2. The zero-order valence-corrected chi connectivity index (χ0v) is 20.3. The monoisotopic (exact) mass is 461 g/mol. The Morgan fingerprint density at radius 1 is 1.24 bits per heavy atom. The lowest BCUT2D eigenvalue weighted by Gasteiger charge is -2.56. The number of H-pyrrole nitrogens is 1. The van der Waals surface area contributed by atoms with Crippen molar-refractivity contribution in [3.05, 3.63) is 40.5 Å². The molecule has 1 saturated heterocycles. The number of fused-ring (bicyclic) bond motifs is 1. The van der Waals surface area contributed by atoms with Crippen LogP contribution in [-0.2, 0) is 5.41 Å². The second-order valence-corrected chi connectivity index (χ2v) is 11.4. The van der Waals surface area contributed by atoms with E-state index in [-0.39, 0.29) is 16.9 Å². The zero-order chi connectivity index (χ0) is 23.4. The Labute approximate surface area is 200 Å². The molecule has 8 nitrogen and oxygen atoms in total. The van der Waals surface area contributed by atoms with E-state index in [1.165, 1.54) is 38.5 Å². The minimum atomic E-state index is -0.0813. The molecular weight excluding hydrogens is 426 g/mol. The van der Waals surface area contributed by atoms with E-state index >= 15 is 0 Å². The van der Waals surface area contributed by atoms with Gasteiger partial charge in [-0.15, -0.1) is 0 Å². The summed E-state index contributed by atoms with van der Waals surface area (Å²) in [4.78, 5) is 31.8. The van der Waals surface area contributed by atoms with E-state index in [1.807, 2.05) is 17.5 Å². The van der Waals surface area contributed by atoms with Gasteiger partial charge in [-0.05, 0) is 75.8 Å².